The molecule has 1 saturated carbocycles. The van der Waals surface area contributed by atoms with Crippen LogP contribution in [0.15, 0.2) is 18.3 Å². The average molecular weight is 237 g/mol. The van der Waals surface area contributed by atoms with Crippen LogP contribution >= 0.6 is 0 Å². The lowest BCUT2D eigenvalue weighted by atomic mass is 10.1. The fraction of sp³-hybridized carbons (Fsp3) is 0.545. The number of nitrogens with zero attached hydrogens (tertiary/aromatic N) is 2. The van der Waals surface area contributed by atoms with E-state index in [9.17, 15) is 10.1 Å². The number of nitro groups is 1. The number of pyridine rings is 1. The van der Waals surface area contributed by atoms with Gasteiger partial charge in [0.15, 0.2) is 0 Å². The molecule has 0 bridgehead atoms. The average Bonchev–Trinajstić information content (AvgIpc) is 2.77. The molecule has 1 aromatic heterocycles. The fourth-order valence-corrected chi connectivity index (χ4v) is 2.18. The smallest absolute Gasteiger partial charge is 0.330 e. The van der Waals surface area contributed by atoms with Crippen molar-refractivity contribution in [3.8, 4) is 5.88 Å². The van der Waals surface area contributed by atoms with Crippen molar-refractivity contribution < 1.29 is 9.66 Å². The van der Waals surface area contributed by atoms with Crippen LogP contribution in [0.3, 0.4) is 0 Å². The van der Waals surface area contributed by atoms with Gasteiger partial charge in [-0.05, 0) is 31.9 Å². The maximum atomic E-state index is 10.8. The summed E-state index contributed by atoms with van der Waals surface area (Å²) in [6.45, 7) is 0.547. The van der Waals surface area contributed by atoms with Crippen LogP contribution in [0.1, 0.15) is 19.3 Å². The predicted molar refractivity (Wildman–Crippen MR) is 61.7 cm³/mol. The first-order valence-corrected chi connectivity index (χ1v) is 5.68. The summed E-state index contributed by atoms with van der Waals surface area (Å²) in [6, 6.07) is 2.93. The summed E-state index contributed by atoms with van der Waals surface area (Å²) in [7, 11) is 0. The highest BCUT2D eigenvalue weighted by Gasteiger charge is 2.30. The number of ether oxygens (including phenoxy) is 1. The van der Waals surface area contributed by atoms with Gasteiger partial charge in [-0.15, -0.1) is 0 Å². The second-order valence-corrected chi connectivity index (χ2v) is 4.17. The van der Waals surface area contributed by atoms with Crippen molar-refractivity contribution in [1.29, 1.82) is 0 Å². The number of hydrogen-bond donors (Lipinski definition) is 1. The van der Waals surface area contributed by atoms with Crippen molar-refractivity contribution in [2.45, 2.75) is 25.4 Å². The van der Waals surface area contributed by atoms with Gasteiger partial charge in [0.05, 0.1) is 4.92 Å². The van der Waals surface area contributed by atoms with Crippen LogP contribution in [0.2, 0.25) is 0 Å². The fourth-order valence-electron chi connectivity index (χ4n) is 2.18. The molecule has 0 aliphatic heterocycles. The van der Waals surface area contributed by atoms with Gasteiger partial charge < -0.3 is 10.5 Å². The number of hydrogen-bond acceptors (Lipinski definition) is 5. The maximum absolute atomic E-state index is 10.8. The minimum absolute atomic E-state index is 0.0476. The van der Waals surface area contributed by atoms with Crippen molar-refractivity contribution in [1.82, 2.24) is 4.98 Å². The standard InChI is InChI=1S/C11H15N3O3/c12-7-8-3-1-5-10(8)17-11-9(14(15)16)4-2-6-13-11/h2,4,6,8,10H,1,3,5,7,12H2. The molecule has 17 heavy (non-hydrogen) atoms. The molecule has 1 aliphatic carbocycles. The maximum Gasteiger partial charge on any atom is 0.330 e. The Labute approximate surface area is 98.9 Å². The Bertz CT molecular complexity index is 411. The SMILES string of the molecule is NCC1CCCC1Oc1ncccc1[N+](=O)[O-]. The third-order valence-corrected chi connectivity index (χ3v) is 3.10. The van der Waals surface area contributed by atoms with Gasteiger partial charge in [-0.3, -0.25) is 10.1 Å². The van der Waals surface area contributed by atoms with Crippen molar-refractivity contribution in [3.63, 3.8) is 0 Å². The monoisotopic (exact) mass is 237 g/mol. The first kappa shape index (κ1) is 11.8. The zero-order valence-corrected chi connectivity index (χ0v) is 9.41. The highest BCUT2D eigenvalue weighted by atomic mass is 16.6. The molecule has 1 fully saturated rings. The number of rotatable bonds is 4. The molecule has 92 valence electrons. The Kier molecular flexibility index (Phi) is 3.53. The largest absolute Gasteiger partial charge is 0.469 e. The molecular weight excluding hydrogens is 222 g/mol. The second kappa shape index (κ2) is 5.09. The van der Waals surface area contributed by atoms with Gasteiger partial charge in [-0.25, -0.2) is 4.98 Å². The zero-order chi connectivity index (χ0) is 12.3. The number of aromatic nitrogens is 1. The molecule has 1 aliphatic rings. The van der Waals surface area contributed by atoms with Gasteiger partial charge in [-0.2, -0.15) is 0 Å². The van der Waals surface area contributed by atoms with Gasteiger partial charge in [0.2, 0.25) is 0 Å². The van der Waals surface area contributed by atoms with E-state index >= 15 is 0 Å². The summed E-state index contributed by atoms with van der Waals surface area (Å²) in [5.41, 5.74) is 5.55. The quantitative estimate of drug-likeness (QED) is 0.632. The molecule has 0 aromatic carbocycles. The van der Waals surface area contributed by atoms with E-state index in [-0.39, 0.29) is 23.6 Å². The van der Waals surface area contributed by atoms with Crippen molar-refractivity contribution in [3.05, 3.63) is 28.4 Å². The van der Waals surface area contributed by atoms with Gasteiger partial charge >= 0.3 is 5.69 Å². The van der Waals surface area contributed by atoms with Crippen LogP contribution in [0, 0.1) is 16.0 Å². The van der Waals surface area contributed by atoms with Gasteiger partial charge in [-0.1, -0.05) is 0 Å². The summed E-state index contributed by atoms with van der Waals surface area (Å²) in [5.74, 6) is 0.375. The topological polar surface area (TPSA) is 91.3 Å². The highest BCUT2D eigenvalue weighted by molar-refractivity contribution is 5.39. The predicted octanol–water partition coefficient (Wildman–Crippen LogP) is 1.50. The third-order valence-electron chi connectivity index (χ3n) is 3.10. The van der Waals surface area contributed by atoms with Crippen LogP contribution in [0.4, 0.5) is 5.69 Å². The van der Waals surface area contributed by atoms with E-state index in [2.05, 4.69) is 4.98 Å². The van der Waals surface area contributed by atoms with E-state index in [1.165, 1.54) is 18.3 Å². The lowest BCUT2D eigenvalue weighted by molar-refractivity contribution is -0.386. The van der Waals surface area contributed by atoms with E-state index in [0.717, 1.165) is 19.3 Å². The third kappa shape index (κ3) is 2.52. The Balaban J connectivity index is 2.15. The lowest BCUT2D eigenvalue weighted by Crippen LogP contribution is -2.28. The van der Waals surface area contributed by atoms with Crippen molar-refractivity contribution in [2.24, 2.45) is 11.7 Å². The Morgan fingerprint density at radius 1 is 1.59 bits per heavy atom. The zero-order valence-electron chi connectivity index (χ0n) is 9.41. The molecule has 6 nitrogen and oxygen atoms in total. The molecule has 2 unspecified atom stereocenters. The Morgan fingerprint density at radius 2 is 2.41 bits per heavy atom. The normalized spacial score (nSPS) is 23.6. The van der Waals surface area contributed by atoms with Gasteiger partial charge in [0, 0.05) is 18.2 Å². The highest BCUT2D eigenvalue weighted by Crippen LogP contribution is 2.31. The minimum atomic E-state index is -0.477. The number of nitrogens with two attached hydrogens (primary N) is 1. The van der Waals surface area contributed by atoms with E-state index in [4.69, 9.17) is 10.5 Å². The van der Waals surface area contributed by atoms with E-state index in [1.54, 1.807) is 0 Å². The summed E-state index contributed by atoms with van der Waals surface area (Å²) < 4.78 is 5.64. The minimum Gasteiger partial charge on any atom is -0.469 e. The van der Waals surface area contributed by atoms with Gasteiger partial charge in [0.25, 0.3) is 5.88 Å². The van der Waals surface area contributed by atoms with Crippen molar-refractivity contribution in [2.75, 3.05) is 6.54 Å². The van der Waals surface area contributed by atoms with Gasteiger partial charge in [0.1, 0.15) is 6.10 Å². The van der Waals surface area contributed by atoms with E-state index in [0.29, 0.717) is 6.54 Å². The summed E-state index contributed by atoms with van der Waals surface area (Å²) in [4.78, 5) is 14.3. The first-order chi connectivity index (χ1) is 8.22. The molecule has 2 atom stereocenters. The Hall–Kier alpha value is -1.69. The molecule has 0 spiro atoms. The van der Waals surface area contributed by atoms with Crippen LogP contribution in [-0.4, -0.2) is 22.6 Å². The first-order valence-electron chi connectivity index (χ1n) is 5.68. The summed E-state index contributed by atoms with van der Waals surface area (Å²) in [5, 5.41) is 10.8. The van der Waals surface area contributed by atoms with E-state index in [1.807, 2.05) is 0 Å². The van der Waals surface area contributed by atoms with Crippen LogP contribution < -0.4 is 10.5 Å². The van der Waals surface area contributed by atoms with Crippen molar-refractivity contribution >= 4 is 5.69 Å². The van der Waals surface area contributed by atoms with Crippen LogP contribution in [0.5, 0.6) is 5.88 Å². The summed E-state index contributed by atoms with van der Waals surface area (Å²) >= 11 is 0. The summed E-state index contributed by atoms with van der Waals surface area (Å²) in [6.07, 6.45) is 4.40. The molecule has 1 aromatic rings. The second-order valence-electron chi connectivity index (χ2n) is 4.17. The molecule has 6 heteroatoms. The van der Waals surface area contributed by atoms with Crippen LogP contribution in [-0.2, 0) is 0 Å². The molecule has 2 N–H and O–H groups in total. The lowest BCUT2D eigenvalue weighted by Gasteiger charge is -2.18. The molecule has 2 rings (SSSR count). The Morgan fingerprint density at radius 3 is 3.12 bits per heavy atom. The molecule has 0 amide bonds. The molecule has 0 radical (unpaired) electrons. The molecule has 1 heterocycles. The van der Waals surface area contributed by atoms with E-state index < -0.39 is 4.92 Å². The van der Waals surface area contributed by atoms with Crippen LogP contribution in [0.25, 0.3) is 0 Å². The molecular formula is C11H15N3O3. The molecule has 0 saturated heterocycles.